The second-order valence-corrected chi connectivity index (χ2v) is 4.22. The van der Waals surface area contributed by atoms with Gasteiger partial charge in [-0.2, -0.15) is 0 Å². The van der Waals surface area contributed by atoms with Gasteiger partial charge in [0.15, 0.2) is 5.78 Å². The van der Waals surface area contributed by atoms with Crippen LogP contribution in [0.3, 0.4) is 0 Å². The lowest BCUT2D eigenvalue weighted by Gasteiger charge is -2.13. The summed E-state index contributed by atoms with van der Waals surface area (Å²) in [6, 6.07) is 5.61. The predicted octanol–water partition coefficient (Wildman–Crippen LogP) is 1.79. The molecule has 3 rings (SSSR count). The van der Waals surface area contributed by atoms with Crippen LogP contribution in [0.2, 0.25) is 0 Å². The van der Waals surface area contributed by atoms with Crippen molar-refractivity contribution in [3.05, 3.63) is 48.0 Å². The van der Waals surface area contributed by atoms with Gasteiger partial charge in [0.05, 0.1) is 6.20 Å². The van der Waals surface area contributed by atoms with Crippen molar-refractivity contribution in [3.63, 3.8) is 0 Å². The molecule has 0 radical (unpaired) electrons. The highest BCUT2D eigenvalue weighted by molar-refractivity contribution is 6.03. The summed E-state index contributed by atoms with van der Waals surface area (Å²) in [7, 11) is 0. The first-order valence-electron chi connectivity index (χ1n) is 5.39. The molecule has 0 atom stereocenters. The van der Waals surface area contributed by atoms with E-state index in [1.807, 2.05) is 0 Å². The Hall–Kier alpha value is -2.04. The maximum Gasteiger partial charge on any atom is 0.190 e. The number of hydrogen-bond acceptors (Lipinski definition) is 3. The highest BCUT2D eigenvalue weighted by Crippen LogP contribution is 2.45. The van der Waals surface area contributed by atoms with E-state index in [1.165, 1.54) is 24.3 Å². The lowest BCUT2D eigenvalue weighted by atomic mass is 10.0. The molecule has 1 aromatic heterocycles. The van der Waals surface area contributed by atoms with Crippen LogP contribution in [0.4, 0.5) is 4.39 Å². The molecule has 0 bridgehead atoms. The molecule has 0 aliphatic heterocycles. The van der Waals surface area contributed by atoms with Crippen molar-refractivity contribution in [1.82, 2.24) is 15.0 Å². The Morgan fingerprint density at radius 3 is 2.53 bits per heavy atom. The van der Waals surface area contributed by atoms with E-state index in [9.17, 15) is 9.18 Å². The third-order valence-corrected chi connectivity index (χ3v) is 3.11. The summed E-state index contributed by atoms with van der Waals surface area (Å²) in [6.07, 6.45) is 4.76. The molecule has 0 amide bonds. The number of nitrogens with zero attached hydrogens (tertiary/aromatic N) is 3. The number of Topliss-reactive ketones (excluding diaryl/α,β-unsaturated/α-hetero) is 1. The number of ketones is 1. The Kier molecular flexibility index (Phi) is 2.07. The molecule has 0 unspecified atom stereocenters. The van der Waals surface area contributed by atoms with Gasteiger partial charge in [-0.15, -0.1) is 5.10 Å². The fourth-order valence-electron chi connectivity index (χ4n) is 1.99. The Morgan fingerprint density at radius 2 is 2.00 bits per heavy atom. The topological polar surface area (TPSA) is 47.8 Å². The van der Waals surface area contributed by atoms with Crippen molar-refractivity contribution in [2.45, 2.75) is 18.4 Å². The fourth-order valence-corrected chi connectivity index (χ4v) is 1.99. The summed E-state index contributed by atoms with van der Waals surface area (Å²) in [5.74, 6) is -0.366. The highest BCUT2D eigenvalue weighted by atomic mass is 19.1. The van der Waals surface area contributed by atoms with Gasteiger partial charge in [0.25, 0.3) is 0 Å². The smallest absolute Gasteiger partial charge is 0.190 e. The first kappa shape index (κ1) is 10.1. The van der Waals surface area contributed by atoms with Gasteiger partial charge in [-0.05, 0) is 37.1 Å². The van der Waals surface area contributed by atoms with Crippen molar-refractivity contribution in [1.29, 1.82) is 0 Å². The number of aromatic nitrogens is 3. The maximum atomic E-state index is 12.8. The minimum atomic E-state index is -0.589. The molecule has 1 saturated carbocycles. The van der Waals surface area contributed by atoms with Crippen LogP contribution in [0.1, 0.15) is 23.2 Å². The molecule has 4 nitrogen and oxygen atoms in total. The highest BCUT2D eigenvalue weighted by Gasteiger charge is 2.52. The van der Waals surface area contributed by atoms with E-state index in [-0.39, 0.29) is 11.6 Å². The van der Waals surface area contributed by atoms with E-state index in [0.717, 1.165) is 12.8 Å². The Balaban J connectivity index is 1.95. The average Bonchev–Trinajstić information content (AvgIpc) is 2.97. The molecule has 1 aliphatic rings. The summed E-state index contributed by atoms with van der Waals surface area (Å²) in [5.41, 5.74) is -0.0756. The van der Waals surface area contributed by atoms with Crippen molar-refractivity contribution >= 4 is 5.78 Å². The van der Waals surface area contributed by atoms with E-state index in [0.29, 0.717) is 5.56 Å². The molecule has 1 fully saturated rings. The first-order valence-corrected chi connectivity index (χ1v) is 5.39. The molecule has 1 heterocycles. The van der Waals surface area contributed by atoms with Gasteiger partial charge in [0.2, 0.25) is 0 Å². The minimum absolute atomic E-state index is 0.0250. The third kappa shape index (κ3) is 1.54. The third-order valence-electron chi connectivity index (χ3n) is 3.11. The lowest BCUT2D eigenvalue weighted by Crippen LogP contribution is -2.28. The monoisotopic (exact) mass is 231 g/mol. The number of hydrogen-bond donors (Lipinski definition) is 0. The summed E-state index contributed by atoms with van der Waals surface area (Å²) in [4.78, 5) is 12.3. The van der Waals surface area contributed by atoms with E-state index in [2.05, 4.69) is 10.3 Å². The Labute approximate surface area is 97.1 Å². The molecular weight excluding hydrogens is 221 g/mol. The van der Waals surface area contributed by atoms with Crippen molar-refractivity contribution in [2.24, 2.45) is 0 Å². The van der Waals surface area contributed by atoms with Crippen LogP contribution in [-0.4, -0.2) is 20.8 Å². The summed E-state index contributed by atoms with van der Waals surface area (Å²) < 4.78 is 14.4. The van der Waals surface area contributed by atoms with Gasteiger partial charge >= 0.3 is 0 Å². The Morgan fingerprint density at radius 1 is 1.29 bits per heavy atom. The number of carbonyl (C=O) groups excluding carboxylic acids is 1. The van der Waals surface area contributed by atoms with Crippen LogP contribution in [-0.2, 0) is 5.54 Å². The number of rotatable bonds is 3. The molecule has 17 heavy (non-hydrogen) atoms. The van der Waals surface area contributed by atoms with Gasteiger partial charge in [-0.3, -0.25) is 4.79 Å². The van der Waals surface area contributed by atoms with Gasteiger partial charge in [0.1, 0.15) is 11.4 Å². The first-order chi connectivity index (χ1) is 8.22. The second kappa shape index (κ2) is 3.48. The van der Waals surface area contributed by atoms with Crippen LogP contribution in [0.5, 0.6) is 0 Å². The van der Waals surface area contributed by atoms with Gasteiger partial charge in [0, 0.05) is 11.8 Å². The zero-order chi connectivity index (χ0) is 11.9. The van der Waals surface area contributed by atoms with Gasteiger partial charge < -0.3 is 0 Å². The molecule has 1 aliphatic carbocycles. The molecule has 0 N–H and O–H groups in total. The zero-order valence-corrected chi connectivity index (χ0v) is 9.01. The standard InChI is InChI=1S/C12H10FN3O/c13-10-3-1-9(2-4-10)11(17)12(5-6-12)16-8-7-14-15-16/h1-4,7-8H,5-6H2. The van der Waals surface area contributed by atoms with E-state index in [1.54, 1.807) is 17.1 Å². The fraction of sp³-hybridized carbons (Fsp3) is 0.250. The molecule has 5 heteroatoms. The van der Waals surface area contributed by atoms with Crippen molar-refractivity contribution < 1.29 is 9.18 Å². The van der Waals surface area contributed by atoms with Crippen LogP contribution < -0.4 is 0 Å². The minimum Gasteiger partial charge on any atom is -0.291 e. The van der Waals surface area contributed by atoms with Gasteiger partial charge in [-0.1, -0.05) is 5.21 Å². The van der Waals surface area contributed by atoms with Crippen LogP contribution in [0.15, 0.2) is 36.7 Å². The maximum absolute atomic E-state index is 12.8. The van der Waals surface area contributed by atoms with Crippen LogP contribution in [0.25, 0.3) is 0 Å². The average molecular weight is 231 g/mol. The molecule has 0 spiro atoms. The lowest BCUT2D eigenvalue weighted by molar-refractivity contribution is 0.0895. The van der Waals surface area contributed by atoms with Crippen molar-refractivity contribution in [3.8, 4) is 0 Å². The molecule has 2 aromatic rings. The van der Waals surface area contributed by atoms with E-state index in [4.69, 9.17) is 0 Å². The zero-order valence-electron chi connectivity index (χ0n) is 9.01. The van der Waals surface area contributed by atoms with E-state index < -0.39 is 5.54 Å². The normalized spacial score (nSPS) is 16.8. The number of halogens is 1. The molecule has 0 saturated heterocycles. The summed E-state index contributed by atoms with van der Waals surface area (Å²) in [6.45, 7) is 0. The number of benzene rings is 1. The largest absolute Gasteiger partial charge is 0.291 e. The van der Waals surface area contributed by atoms with Crippen LogP contribution >= 0.6 is 0 Å². The SMILES string of the molecule is O=C(c1ccc(F)cc1)C1(n2ccnn2)CC1. The molecule has 1 aromatic carbocycles. The summed E-state index contributed by atoms with van der Waals surface area (Å²) in [5, 5.41) is 7.61. The van der Waals surface area contributed by atoms with Crippen molar-refractivity contribution in [2.75, 3.05) is 0 Å². The predicted molar refractivity (Wildman–Crippen MR) is 58.0 cm³/mol. The quantitative estimate of drug-likeness (QED) is 0.756. The van der Waals surface area contributed by atoms with E-state index >= 15 is 0 Å². The summed E-state index contributed by atoms with van der Waals surface area (Å²) >= 11 is 0. The Bertz CT molecular complexity index is 544. The second-order valence-electron chi connectivity index (χ2n) is 4.22. The number of carbonyl (C=O) groups is 1. The molecular formula is C12H10FN3O. The van der Waals surface area contributed by atoms with Crippen LogP contribution in [0, 0.1) is 5.82 Å². The van der Waals surface area contributed by atoms with Gasteiger partial charge in [-0.25, -0.2) is 9.07 Å². The molecule has 86 valence electrons.